The highest BCUT2D eigenvalue weighted by molar-refractivity contribution is 6.09. The van der Waals surface area contributed by atoms with Gasteiger partial charge in [0.2, 0.25) is 0 Å². The van der Waals surface area contributed by atoms with Gasteiger partial charge in [0.15, 0.2) is 5.65 Å². The number of halogens is 3. The molecule has 216 valence electrons. The maximum atomic E-state index is 13.1. The Morgan fingerprint density at radius 1 is 1.02 bits per heavy atom. The van der Waals surface area contributed by atoms with Crippen LogP contribution < -0.4 is 19.7 Å². The monoisotopic (exact) mass is 568 g/mol. The highest BCUT2D eigenvalue weighted by Crippen LogP contribution is 2.33. The predicted molar refractivity (Wildman–Crippen MR) is 148 cm³/mol. The highest BCUT2D eigenvalue weighted by atomic mass is 19.4. The second kappa shape index (κ2) is 11.3. The average Bonchev–Trinajstić information content (AvgIpc) is 3.46. The summed E-state index contributed by atoms with van der Waals surface area (Å²) in [7, 11) is 0. The normalized spacial score (nSPS) is 18.6. The smallest absolute Gasteiger partial charge is 0.493 e. The lowest BCUT2D eigenvalue weighted by atomic mass is 9.99. The van der Waals surface area contributed by atoms with Crippen LogP contribution in [0.2, 0.25) is 0 Å². The Morgan fingerprint density at radius 3 is 2.59 bits per heavy atom. The number of anilines is 1. The summed E-state index contributed by atoms with van der Waals surface area (Å²) in [4.78, 5) is 29.4. The number of nitrogens with zero attached hydrogens (tertiary/aromatic N) is 4. The molecular formula is C29H31F3N6O3. The summed E-state index contributed by atoms with van der Waals surface area (Å²) in [5.74, 6) is 0.312. The van der Waals surface area contributed by atoms with E-state index in [1.807, 2.05) is 23.4 Å². The molecule has 5 heterocycles. The number of likely N-dealkylation sites (tertiary alicyclic amines) is 1. The zero-order valence-corrected chi connectivity index (χ0v) is 22.4. The van der Waals surface area contributed by atoms with Gasteiger partial charge in [0.1, 0.15) is 11.5 Å². The van der Waals surface area contributed by atoms with Gasteiger partial charge >= 0.3 is 12.4 Å². The molecule has 2 fully saturated rings. The number of H-pyrrole nitrogens is 1. The summed E-state index contributed by atoms with van der Waals surface area (Å²) in [5.41, 5.74) is 2.85. The minimum atomic E-state index is -4.73. The van der Waals surface area contributed by atoms with E-state index < -0.39 is 6.36 Å². The number of rotatable bonds is 6. The van der Waals surface area contributed by atoms with E-state index in [-0.39, 0.29) is 23.7 Å². The first kappa shape index (κ1) is 27.0. The van der Waals surface area contributed by atoms with Crippen molar-refractivity contribution in [2.24, 2.45) is 5.92 Å². The Balaban J connectivity index is 0.996. The topological polar surface area (TPSA) is 95.6 Å². The van der Waals surface area contributed by atoms with Crippen LogP contribution in [0.15, 0.2) is 55.0 Å². The molecule has 41 heavy (non-hydrogen) atoms. The lowest BCUT2D eigenvalue weighted by Crippen LogP contribution is -2.52. The van der Waals surface area contributed by atoms with Crippen LogP contribution in [0.1, 0.15) is 25.7 Å². The summed E-state index contributed by atoms with van der Waals surface area (Å²) in [6, 6.07) is 9.48. The first-order valence-electron chi connectivity index (χ1n) is 13.8. The maximum Gasteiger partial charge on any atom is 0.573 e. The SMILES string of the molecule is O=C(NC1CCN(c2cc[nH]c3cnc4nccc4c23)CC1)N1CCCC(COc2ccc(OC(F)(F)F)cc2)C1. The molecule has 3 aromatic heterocycles. The number of benzene rings is 1. The molecule has 2 aliphatic rings. The fourth-order valence-corrected chi connectivity index (χ4v) is 5.77. The predicted octanol–water partition coefficient (Wildman–Crippen LogP) is 5.48. The Kier molecular flexibility index (Phi) is 7.46. The standard InChI is InChI=1S/C29H31F3N6O3/c30-29(31,32)41-22-5-3-21(4-6-22)40-18-19-2-1-13-38(17-19)28(39)36-20-9-14-37(15-10-20)25-8-12-33-24-16-35-27-23(26(24)25)7-11-34-27/h3-8,11-12,16,19-20,33H,1-2,9-10,13-15,17-18H2,(H,36,39). The second-order valence-electron chi connectivity index (χ2n) is 10.6. The number of amides is 2. The Labute approximate surface area is 234 Å². The quantitative estimate of drug-likeness (QED) is 0.320. The molecule has 2 N–H and O–H groups in total. The molecule has 1 atom stereocenters. The van der Waals surface area contributed by atoms with Crippen LogP contribution in [0.4, 0.5) is 23.7 Å². The molecule has 0 bridgehead atoms. The van der Waals surface area contributed by atoms with E-state index in [4.69, 9.17) is 4.74 Å². The molecule has 0 spiro atoms. The van der Waals surface area contributed by atoms with Crippen molar-refractivity contribution in [3.05, 3.63) is 55.0 Å². The van der Waals surface area contributed by atoms with E-state index in [2.05, 4.69) is 36.0 Å². The maximum absolute atomic E-state index is 13.1. The number of ether oxygens (including phenoxy) is 2. The number of carbonyl (C=O) groups excluding carboxylic acids is 1. The lowest BCUT2D eigenvalue weighted by Gasteiger charge is -2.37. The Bertz CT molecular complexity index is 1500. The molecule has 2 amide bonds. The fourth-order valence-electron chi connectivity index (χ4n) is 5.77. The van der Waals surface area contributed by atoms with E-state index in [0.29, 0.717) is 25.4 Å². The first-order chi connectivity index (χ1) is 19.8. The molecular weight excluding hydrogens is 537 g/mol. The van der Waals surface area contributed by atoms with Crippen molar-refractivity contribution in [2.45, 2.75) is 38.1 Å². The third-order valence-corrected chi connectivity index (χ3v) is 7.78. The summed E-state index contributed by atoms with van der Waals surface area (Å²) < 4.78 is 46.8. The van der Waals surface area contributed by atoms with Gasteiger partial charge in [0.05, 0.1) is 18.3 Å². The van der Waals surface area contributed by atoms with Gasteiger partial charge in [-0.3, -0.25) is 0 Å². The number of nitrogens with one attached hydrogen (secondary N) is 2. The van der Waals surface area contributed by atoms with Crippen molar-refractivity contribution in [1.82, 2.24) is 25.2 Å². The van der Waals surface area contributed by atoms with Gasteiger partial charge in [-0.2, -0.15) is 0 Å². The molecule has 0 radical (unpaired) electrons. The van der Waals surface area contributed by atoms with Crippen LogP contribution >= 0.6 is 0 Å². The van der Waals surface area contributed by atoms with Gasteiger partial charge in [-0.25, -0.2) is 14.8 Å². The number of alkyl halides is 3. The molecule has 1 unspecified atom stereocenters. The number of urea groups is 1. The first-order valence-corrected chi connectivity index (χ1v) is 13.8. The second-order valence-corrected chi connectivity index (χ2v) is 10.6. The fraction of sp³-hybridized carbons (Fsp3) is 0.414. The van der Waals surface area contributed by atoms with Crippen molar-refractivity contribution < 1.29 is 27.4 Å². The van der Waals surface area contributed by atoms with Gasteiger partial charge in [0, 0.05) is 67.0 Å². The highest BCUT2D eigenvalue weighted by Gasteiger charge is 2.31. The van der Waals surface area contributed by atoms with Crippen molar-refractivity contribution in [2.75, 3.05) is 37.7 Å². The molecule has 2 aliphatic heterocycles. The zero-order valence-electron chi connectivity index (χ0n) is 22.4. The molecule has 1 aromatic carbocycles. The van der Waals surface area contributed by atoms with Gasteiger partial charge in [0.25, 0.3) is 0 Å². The van der Waals surface area contributed by atoms with E-state index in [0.717, 1.165) is 66.4 Å². The van der Waals surface area contributed by atoms with Crippen molar-refractivity contribution >= 4 is 33.7 Å². The number of hydrogen-bond donors (Lipinski definition) is 2. The van der Waals surface area contributed by atoms with E-state index in [1.165, 1.54) is 24.3 Å². The van der Waals surface area contributed by atoms with Crippen LogP contribution in [0, 0.1) is 5.92 Å². The Hall–Kier alpha value is -4.22. The number of aromatic amines is 1. The molecule has 2 saturated heterocycles. The third-order valence-electron chi connectivity index (χ3n) is 7.78. The number of fused-ring (bicyclic) bond motifs is 3. The van der Waals surface area contributed by atoms with E-state index >= 15 is 0 Å². The molecule has 0 aliphatic carbocycles. The summed E-state index contributed by atoms with van der Waals surface area (Å²) in [5, 5.41) is 5.37. The van der Waals surface area contributed by atoms with E-state index in [1.54, 1.807) is 6.20 Å². The summed E-state index contributed by atoms with van der Waals surface area (Å²) in [6.07, 6.45) is 4.28. The van der Waals surface area contributed by atoms with Crippen molar-refractivity contribution in [1.29, 1.82) is 0 Å². The van der Waals surface area contributed by atoms with Crippen molar-refractivity contribution in [3.63, 3.8) is 0 Å². The number of hydrogen-bond acceptors (Lipinski definition) is 6. The number of aromatic nitrogens is 3. The molecule has 9 nitrogen and oxygen atoms in total. The number of carbonyl (C=O) groups is 1. The largest absolute Gasteiger partial charge is 0.573 e. The minimum absolute atomic E-state index is 0.0581. The van der Waals surface area contributed by atoms with Gasteiger partial charge in [-0.1, -0.05) is 0 Å². The lowest BCUT2D eigenvalue weighted by molar-refractivity contribution is -0.274. The van der Waals surface area contributed by atoms with Crippen LogP contribution in [-0.4, -0.2) is 71.1 Å². The van der Waals surface area contributed by atoms with E-state index in [9.17, 15) is 18.0 Å². The summed E-state index contributed by atoms with van der Waals surface area (Å²) >= 11 is 0. The van der Waals surface area contributed by atoms with Crippen LogP contribution in [0.5, 0.6) is 11.5 Å². The minimum Gasteiger partial charge on any atom is -0.493 e. The summed E-state index contributed by atoms with van der Waals surface area (Å²) in [6.45, 7) is 3.29. The average molecular weight is 569 g/mol. The number of pyridine rings is 2. The molecule has 6 rings (SSSR count). The van der Waals surface area contributed by atoms with Crippen LogP contribution in [0.25, 0.3) is 21.9 Å². The molecule has 4 aromatic rings. The zero-order chi connectivity index (χ0) is 28.4. The van der Waals surface area contributed by atoms with Crippen LogP contribution in [0.3, 0.4) is 0 Å². The van der Waals surface area contributed by atoms with Gasteiger partial charge in [-0.05, 0) is 62.1 Å². The van der Waals surface area contributed by atoms with Gasteiger partial charge < -0.3 is 29.6 Å². The Morgan fingerprint density at radius 2 is 1.80 bits per heavy atom. The van der Waals surface area contributed by atoms with Gasteiger partial charge in [-0.15, -0.1) is 13.2 Å². The third kappa shape index (κ3) is 6.26. The molecule has 12 heteroatoms. The number of piperidine rings is 2. The van der Waals surface area contributed by atoms with Crippen LogP contribution in [-0.2, 0) is 0 Å². The molecule has 0 saturated carbocycles. The van der Waals surface area contributed by atoms with Crippen molar-refractivity contribution in [3.8, 4) is 11.5 Å².